The number of nitrogens with zero attached hydrogens (tertiary/aromatic N) is 1. The lowest BCUT2D eigenvalue weighted by atomic mass is 10.2. The Morgan fingerprint density at radius 1 is 1.37 bits per heavy atom. The van der Waals surface area contributed by atoms with Gasteiger partial charge in [0.2, 0.25) is 10.0 Å². The van der Waals surface area contributed by atoms with Gasteiger partial charge in [-0.05, 0) is 32.6 Å². The average molecular weight is 286 g/mol. The predicted octanol–water partition coefficient (Wildman–Crippen LogP) is 0.963. The summed E-state index contributed by atoms with van der Waals surface area (Å²) >= 11 is 0. The monoisotopic (exact) mass is 286 g/mol. The highest BCUT2D eigenvalue weighted by Crippen LogP contribution is 2.19. The molecule has 19 heavy (non-hydrogen) atoms. The number of hydrogen-bond acceptors (Lipinski definition) is 4. The maximum Gasteiger partial charge on any atom is 0.323 e. The lowest BCUT2D eigenvalue weighted by molar-refractivity contribution is -0.136. The average Bonchev–Trinajstić information content (AvgIpc) is 2.29. The Balaban J connectivity index is 3.03. The third kappa shape index (κ3) is 4.22. The van der Waals surface area contributed by atoms with Gasteiger partial charge in [0.1, 0.15) is 0 Å². The quantitative estimate of drug-likeness (QED) is 0.813. The largest absolute Gasteiger partial charge is 0.480 e. The highest BCUT2D eigenvalue weighted by Gasteiger charge is 2.28. The number of hydrogen-bond donors (Lipinski definition) is 2. The van der Waals surface area contributed by atoms with Crippen molar-refractivity contribution in [1.29, 1.82) is 0 Å². The van der Waals surface area contributed by atoms with Gasteiger partial charge in [0, 0.05) is 6.54 Å². The maximum absolute atomic E-state index is 11.9. The van der Waals surface area contributed by atoms with Crippen molar-refractivity contribution in [2.24, 2.45) is 0 Å². The Hall–Kier alpha value is -1.60. The molecule has 0 spiro atoms. The summed E-state index contributed by atoms with van der Waals surface area (Å²) in [5.74, 6) is -1.38. The van der Waals surface area contributed by atoms with E-state index in [-0.39, 0.29) is 0 Å². The molecule has 0 heterocycles. The first-order valence-electron chi connectivity index (χ1n) is 5.71. The minimum absolute atomic E-state index is 0.407. The fraction of sp³-hybridized carbons (Fsp3) is 0.417. The molecule has 0 aliphatic carbocycles. The van der Waals surface area contributed by atoms with Crippen molar-refractivity contribution < 1.29 is 18.3 Å². The first kappa shape index (κ1) is 15.5. The molecule has 1 aromatic rings. The molecule has 0 aromatic heterocycles. The zero-order chi connectivity index (χ0) is 14.6. The minimum atomic E-state index is -3.94. The van der Waals surface area contributed by atoms with Crippen LogP contribution in [-0.2, 0) is 21.4 Å². The summed E-state index contributed by atoms with van der Waals surface area (Å²) < 4.78 is 26.1. The van der Waals surface area contributed by atoms with Crippen LogP contribution in [0.25, 0.3) is 0 Å². The smallest absolute Gasteiger partial charge is 0.323 e. The van der Waals surface area contributed by atoms with Crippen LogP contribution in [0.3, 0.4) is 0 Å². The van der Waals surface area contributed by atoms with E-state index in [4.69, 9.17) is 5.11 Å². The number of rotatable bonds is 6. The standard InChI is InChI=1S/C12H18N2O4S/c1-9(12(15)16)19(17,18)13-11-7-5-4-6-10(11)8-14(2)3/h4-7,9,13H,8H2,1-3H3,(H,15,16). The van der Waals surface area contributed by atoms with E-state index < -0.39 is 21.2 Å². The Bertz CT molecular complexity index is 555. The minimum Gasteiger partial charge on any atom is -0.480 e. The molecule has 0 saturated heterocycles. The van der Waals surface area contributed by atoms with Crippen molar-refractivity contribution in [3.05, 3.63) is 29.8 Å². The van der Waals surface area contributed by atoms with E-state index in [1.165, 1.54) is 0 Å². The number of carboxylic acids is 1. The predicted molar refractivity (Wildman–Crippen MR) is 73.5 cm³/mol. The maximum atomic E-state index is 11.9. The molecule has 2 N–H and O–H groups in total. The van der Waals surface area contributed by atoms with Gasteiger partial charge in [-0.1, -0.05) is 18.2 Å². The molecule has 1 rings (SSSR count). The number of sulfonamides is 1. The second-order valence-corrected chi connectivity index (χ2v) is 6.52. The summed E-state index contributed by atoms with van der Waals surface area (Å²) in [6.45, 7) is 1.69. The Morgan fingerprint density at radius 3 is 2.47 bits per heavy atom. The topological polar surface area (TPSA) is 86.7 Å². The Morgan fingerprint density at radius 2 is 1.95 bits per heavy atom. The summed E-state index contributed by atoms with van der Waals surface area (Å²) in [6.07, 6.45) is 0. The zero-order valence-electron chi connectivity index (χ0n) is 11.1. The van der Waals surface area contributed by atoms with Crippen molar-refractivity contribution in [2.75, 3.05) is 18.8 Å². The molecule has 0 bridgehead atoms. The van der Waals surface area contributed by atoms with Crippen molar-refractivity contribution in [3.8, 4) is 0 Å². The normalized spacial score (nSPS) is 13.3. The van der Waals surface area contributed by atoms with Crippen molar-refractivity contribution in [1.82, 2.24) is 4.90 Å². The van der Waals surface area contributed by atoms with Crippen molar-refractivity contribution in [2.45, 2.75) is 18.7 Å². The molecule has 0 fully saturated rings. The van der Waals surface area contributed by atoms with Crippen LogP contribution in [0.5, 0.6) is 0 Å². The Kier molecular flexibility index (Phi) is 4.90. The second kappa shape index (κ2) is 6.03. The number of carboxylic acid groups (broad SMARTS) is 1. The molecule has 6 nitrogen and oxygen atoms in total. The van der Waals surface area contributed by atoms with Crippen LogP contribution in [-0.4, -0.2) is 43.7 Å². The summed E-state index contributed by atoms with van der Waals surface area (Å²) in [4.78, 5) is 12.7. The van der Waals surface area contributed by atoms with Crippen molar-refractivity contribution in [3.63, 3.8) is 0 Å². The van der Waals surface area contributed by atoms with Gasteiger partial charge in [0.15, 0.2) is 5.25 Å². The van der Waals surface area contributed by atoms with E-state index in [9.17, 15) is 13.2 Å². The molecule has 0 saturated carbocycles. The van der Waals surface area contributed by atoms with E-state index >= 15 is 0 Å². The van der Waals surface area contributed by atoms with E-state index in [1.54, 1.807) is 24.3 Å². The Labute approximate surface area is 113 Å². The van der Waals surface area contributed by atoms with Gasteiger partial charge in [-0.25, -0.2) is 8.42 Å². The molecule has 0 radical (unpaired) electrons. The van der Waals surface area contributed by atoms with Gasteiger partial charge in [-0.3, -0.25) is 9.52 Å². The van der Waals surface area contributed by atoms with Gasteiger partial charge in [-0.2, -0.15) is 0 Å². The van der Waals surface area contributed by atoms with Crippen molar-refractivity contribution >= 4 is 21.7 Å². The van der Waals surface area contributed by atoms with Gasteiger partial charge in [-0.15, -0.1) is 0 Å². The second-order valence-electron chi connectivity index (χ2n) is 4.52. The molecule has 106 valence electrons. The molecule has 0 aliphatic heterocycles. The number of nitrogens with one attached hydrogen (secondary N) is 1. The summed E-state index contributed by atoms with van der Waals surface area (Å²) in [6, 6.07) is 6.91. The summed E-state index contributed by atoms with van der Waals surface area (Å²) in [7, 11) is -0.206. The zero-order valence-corrected chi connectivity index (χ0v) is 11.9. The van der Waals surface area contributed by atoms with Crippen LogP contribution in [0, 0.1) is 0 Å². The number of para-hydroxylation sites is 1. The molecular formula is C12H18N2O4S. The van der Waals surface area contributed by atoms with Gasteiger partial charge < -0.3 is 10.0 Å². The van der Waals surface area contributed by atoms with E-state index in [2.05, 4.69) is 4.72 Å². The van der Waals surface area contributed by atoms with Gasteiger partial charge in [0.25, 0.3) is 0 Å². The molecule has 0 amide bonds. The van der Waals surface area contributed by atoms with Crippen LogP contribution in [0.15, 0.2) is 24.3 Å². The summed E-state index contributed by atoms with van der Waals surface area (Å²) in [5, 5.41) is 7.28. The number of benzene rings is 1. The van der Waals surface area contributed by atoms with Crippen LogP contribution in [0.2, 0.25) is 0 Å². The first-order valence-corrected chi connectivity index (χ1v) is 7.25. The fourth-order valence-electron chi connectivity index (χ4n) is 1.47. The highest BCUT2D eigenvalue weighted by molar-refractivity contribution is 7.94. The lowest BCUT2D eigenvalue weighted by Gasteiger charge is -2.17. The molecule has 1 unspecified atom stereocenters. The molecule has 7 heteroatoms. The van der Waals surface area contributed by atoms with Gasteiger partial charge in [0.05, 0.1) is 5.69 Å². The third-order valence-corrected chi connectivity index (χ3v) is 4.21. The van der Waals surface area contributed by atoms with Crippen LogP contribution >= 0.6 is 0 Å². The van der Waals surface area contributed by atoms with E-state index in [1.807, 2.05) is 19.0 Å². The van der Waals surface area contributed by atoms with Gasteiger partial charge >= 0.3 is 5.97 Å². The number of anilines is 1. The SMILES string of the molecule is CC(C(=O)O)S(=O)(=O)Nc1ccccc1CN(C)C. The highest BCUT2D eigenvalue weighted by atomic mass is 32.2. The summed E-state index contributed by atoms with van der Waals surface area (Å²) in [5.41, 5.74) is 1.19. The third-order valence-electron chi connectivity index (χ3n) is 2.57. The first-order chi connectivity index (χ1) is 8.74. The molecular weight excluding hydrogens is 268 g/mol. The fourth-order valence-corrected chi connectivity index (χ4v) is 2.42. The molecule has 1 aromatic carbocycles. The number of carbonyl (C=O) groups is 1. The van der Waals surface area contributed by atoms with E-state index in [0.29, 0.717) is 12.2 Å². The molecule has 0 aliphatic rings. The molecule has 1 atom stereocenters. The van der Waals surface area contributed by atoms with Crippen LogP contribution < -0.4 is 4.72 Å². The lowest BCUT2D eigenvalue weighted by Crippen LogP contribution is -2.32. The van der Waals surface area contributed by atoms with E-state index in [0.717, 1.165) is 12.5 Å². The number of aliphatic carboxylic acids is 1. The van der Waals surface area contributed by atoms with Crippen LogP contribution in [0.4, 0.5) is 5.69 Å². The van der Waals surface area contributed by atoms with Crippen LogP contribution in [0.1, 0.15) is 12.5 Å².